The average molecular weight is 603 g/mol. The normalized spacial score (nSPS) is 18.6. The minimum Gasteiger partial charge on any atom is -0.396 e. The number of hydrogen-bond donors (Lipinski definition) is 0. The third kappa shape index (κ3) is 13.4. The zero-order valence-electron chi connectivity index (χ0n) is 26.9. The van der Waals surface area contributed by atoms with Crippen LogP contribution in [0.2, 0.25) is 18.1 Å². The van der Waals surface area contributed by atoms with E-state index in [4.69, 9.17) is 26.9 Å². The Balaban J connectivity index is 0.000000573. The topological polar surface area (TPSA) is 55.4 Å². The Morgan fingerprint density at radius 3 is 1.87 bits per heavy atom. The fourth-order valence-electron chi connectivity index (χ4n) is 5.54. The molecule has 0 bridgehead atoms. The van der Waals surface area contributed by atoms with Gasteiger partial charge in [0.05, 0.1) is 0 Å². The average Bonchev–Trinajstić information content (AvgIpc) is 2.99. The van der Waals surface area contributed by atoms with Crippen molar-refractivity contribution < 1.29 is 26.9 Å². The second-order valence-electron chi connectivity index (χ2n) is 10.4. The first-order valence-electron chi connectivity index (χ1n) is 15.2. The summed E-state index contributed by atoms with van der Waals surface area (Å²) in [6.07, 6.45) is 14.7. The maximum absolute atomic E-state index is 5.83. The van der Waals surface area contributed by atoms with Crippen molar-refractivity contribution in [2.75, 3.05) is 42.7 Å². The smallest absolute Gasteiger partial charge is 0.396 e. The summed E-state index contributed by atoms with van der Waals surface area (Å²) >= 11 is 0. The third-order valence-electron chi connectivity index (χ3n) is 7.89. The Kier molecular flexibility index (Phi) is 23.0. The Labute approximate surface area is 246 Å². The van der Waals surface area contributed by atoms with Gasteiger partial charge in [-0.3, -0.25) is 0 Å². The highest BCUT2D eigenvalue weighted by atomic mass is 28.4. The van der Waals surface area contributed by atoms with Crippen molar-refractivity contribution in [2.24, 2.45) is 0 Å². The van der Waals surface area contributed by atoms with E-state index in [0.29, 0.717) is 0 Å². The minimum absolute atomic E-state index is 0.122. The van der Waals surface area contributed by atoms with E-state index in [9.17, 15) is 0 Å². The molecule has 1 unspecified atom stereocenters. The number of benzene rings is 1. The molecule has 0 aliphatic carbocycles. The van der Waals surface area contributed by atoms with Crippen LogP contribution >= 0.6 is 0 Å². The van der Waals surface area contributed by atoms with E-state index in [-0.39, 0.29) is 5.22 Å². The monoisotopic (exact) mass is 602 g/mol. The van der Waals surface area contributed by atoms with Gasteiger partial charge in [0.2, 0.25) is 0 Å². The first-order valence-corrected chi connectivity index (χ1v) is 20.6. The molecule has 2 rings (SSSR count). The summed E-state index contributed by atoms with van der Waals surface area (Å²) < 4.78 is 33.5. The molecule has 0 amide bonds. The van der Waals surface area contributed by atoms with Crippen LogP contribution in [0.4, 0.5) is 0 Å². The lowest BCUT2D eigenvalue weighted by molar-refractivity contribution is -0.0149. The third-order valence-corrected chi connectivity index (χ3v) is 15.6. The minimum atomic E-state index is -2.29. The van der Waals surface area contributed by atoms with Crippen molar-refractivity contribution in [3.8, 4) is 0 Å². The van der Waals surface area contributed by atoms with Crippen LogP contribution in [0.5, 0.6) is 0 Å². The van der Waals surface area contributed by atoms with Crippen LogP contribution in [-0.4, -0.2) is 75.5 Å². The molecule has 1 aromatic carbocycles. The van der Waals surface area contributed by atoms with Crippen molar-refractivity contribution in [1.29, 1.82) is 0 Å². The highest BCUT2D eigenvalue weighted by molar-refractivity contribution is 6.70. The number of rotatable bonds is 17. The summed E-state index contributed by atoms with van der Waals surface area (Å²) in [7, 11) is 7.29. The molecule has 39 heavy (non-hydrogen) atoms. The molecule has 0 aromatic heterocycles. The molecular weight excluding hydrogens is 541 g/mol. The molecule has 0 N–H and O–H groups in total. The van der Waals surface area contributed by atoms with Gasteiger partial charge in [0.25, 0.3) is 0 Å². The molecule has 1 aromatic rings. The van der Waals surface area contributed by atoms with E-state index >= 15 is 0 Å². The van der Waals surface area contributed by atoms with Gasteiger partial charge < -0.3 is 26.9 Å². The standard InChI is InChI=1S/C11H24O3Si.C11H26O3Si.C8H12Si/c1-5-8-11(12-2)9-6-7-10-15(11,13-3)14-4;1-5-6-7-8-9-10-11-15(12-2,13-3)14-4;9-7-6-8-4-2-1-3-5-8/h5-10H2,1-4H3;5-11H2,1-4H3;1-5H,6-7H2,9H3. The molecule has 230 valence electrons. The second kappa shape index (κ2) is 23.2. The quantitative estimate of drug-likeness (QED) is 0.143. The Morgan fingerprint density at radius 2 is 1.38 bits per heavy atom. The number of methoxy groups -OCH3 is 1. The van der Waals surface area contributed by atoms with E-state index in [2.05, 4.69) is 44.2 Å². The predicted octanol–water partition coefficient (Wildman–Crippen LogP) is 6.87. The van der Waals surface area contributed by atoms with Crippen LogP contribution in [0.3, 0.4) is 0 Å². The van der Waals surface area contributed by atoms with Gasteiger partial charge >= 0.3 is 17.4 Å². The summed E-state index contributed by atoms with van der Waals surface area (Å²) in [5, 5.41) is -0.122. The summed E-state index contributed by atoms with van der Waals surface area (Å²) in [6, 6.07) is 14.0. The molecule has 1 aliphatic heterocycles. The van der Waals surface area contributed by atoms with Gasteiger partial charge in [-0.25, -0.2) is 0 Å². The summed E-state index contributed by atoms with van der Waals surface area (Å²) in [6.45, 7) is 4.43. The molecule has 1 saturated heterocycles. The maximum atomic E-state index is 5.83. The molecule has 0 radical (unpaired) electrons. The van der Waals surface area contributed by atoms with Crippen LogP contribution in [0, 0.1) is 0 Å². The van der Waals surface area contributed by atoms with Gasteiger partial charge in [-0.15, -0.1) is 0 Å². The number of unbranched alkanes of at least 4 members (excludes halogenated alkanes) is 5. The highest BCUT2D eigenvalue weighted by Crippen LogP contribution is 2.42. The maximum Gasteiger partial charge on any atom is 0.500 e. The van der Waals surface area contributed by atoms with E-state index in [1.165, 1.54) is 73.2 Å². The molecule has 1 aliphatic rings. The van der Waals surface area contributed by atoms with Gasteiger partial charge in [0.1, 0.15) is 5.22 Å². The van der Waals surface area contributed by atoms with Crippen molar-refractivity contribution in [3.63, 3.8) is 0 Å². The molecule has 9 heteroatoms. The van der Waals surface area contributed by atoms with Crippen LogP contribution in [0.25, 0.3) is 0 Å². The lowest BCUT2D eigenvalue weighted by atomic mass is 10.1. The SMILES string of the molecule is CCCC1(OC)CCCC[Si]1(OC)OC.CCCCCCCC[Si](OC)(OC)OC.[SiH3]CCc1ccccc1. The van der Waals surface area contributed by atoms with Crippen LogP contribution in [-0.2, 0) is 33.3 Å². The molecule has 1 heterocycles. The van der Waals surface area contributed by atoms with Gasteiger partial charge in [-0.2, -0.15) is 0 Å². The van der Waals surface area contributed by atoms with Crippen molar-refractivity contribution >= 4 is 27.6 Å². The number of hydrogen-bond acceptors (Lipinski definition) is 6. The zero-order valence-corrected chi connectivity index (χ0v) is 30.9. The summed E-state index contributed by atoms with van der Waals surface area (Å²) in [5.41, 5.74) is 1.48. The van der Waals surface area contributed by atoms with Crippen LogP contribution in [0.15, 0.2) is 30.3 Å². The van der Waals surface area contributed by atoms with E-state index in [0.717, 1.165) is 37.8 Å². The van der Waals surface area contributed by atoms with Crippen molar-refractivity contribution in [3.05, 3.63) is 35.9 Å². The molecule has 6 nitrogen and oxygen atoms in total. The summed E-state index contributed by atoms with van der Waals surface area (Å²) in [4.78, 5) is 0. The molecule has 0 saturated carbocycles. The fraction of sp³-hybridized carbons (Fsp3) is 0.800. The van der Waals surface area contributed by atoms with Gasteiger partial charge in [0.15, 0.2) is 0 Å². The number of aryl methyl sites for hydroxylation is 1. The van der Waals surface area contributed by atoms with E-state index in [1.54, 1.807) is 42.7 Å². The molecule has 0 spiro atoms. The first-order chi connectivity index (χ1) is 18.9. The van der Waals surface area contributed by atoms with E-state index in [1.807, 2.05) is 0 Å². The van der Waals surface area contributed by atoms with Crippen molar-refractivity contribution in [2.45, 2.75) is 114 Å². The summed E-state index contributed by atoms with van der Waals surface area (Å²) in [5.74, 6) is 0. The Hall–Kier alpha value is -0.369. The Morgan fingerprint density at radius 1 is 0.795 bits per heavy atom. The molecule has 1 fully saturated rings. The predicted molar refractivity (Wildman–Crippen MR) is 173 cm³/mol. The van der Waals surface area contributed by atoms with Gasteiger partial charge in [-0.05, 0) is 37.3 Å². The van der Waals surface area contributed by atoms with Crippen LogP contribution in [0.1, 0.15) is 90.0 Å². The van der Waals surface area contributed by atoms with E-state index < -0.39 is 17.4 Å². The largest absolute Gasteiger partial charge is 0.500 e. The first kappa shape index (κ1) is 38.6. The Bertz CT molecular complexity index is 662. The lowest BCUT2D eigenvalue weighted by Crippen LogP contribution is -2.64. The fourth-order valence-corrected chi connectivity index (χ4v) is 11.9. The molecular formula is C30H62O6Si3. The lowest BCUT2D eigenvalue weighted by Gasteiger charge is -2.47. The molecule has 1 atom stereocenters. The van der Waals surface area contributed by atoms with Crippen LogP contribution < -0.4 is 0 Å². The zero-order chi connectivity index (χ0) is 29.5. The van der Waals surface area contributed by atoms with Gasteiger partial charge in [-0.1, -0.05) is 102 Å². The van der Waals surface area contributed by atoms with Gasteiger partial charge in [0, 0.05) is 58.9 Å². The van der Waals surface area contributed by atoms with Crippen molar-refractivity contribution in [1.82, 2.24) is 0 Å². The number of ether oxygens (including phenoxy) is 1. The highest BCUT2D eigenvalue weighted by Gasteiger charge is 2.58. The second-order valence-corrected chi connectivity index (χ2v) is 18.2.